The summed E-state index contributed by atoms with van der Waals surface area (Å²) in [5.74, 6) is 0.693. The number of aliphatic imine (C=N–C) groups is 1. The Morgan fingerprint density at radius 1 is 0.930 bits per heavy atom. The van der Waals surface area contributed by atoms with Crippen LogP contribution in [0.15, 0.2) is 82.6 Å². The van der Waals surface area contributed by atoms with Crippen molar-refractivity contribution in [2.45, 2.75) is 44.1 Å². The molecule has 0 amide bonds. The van der Waals surface area contributed by atoms with Crippen molar-refractivity contribution in [1.82, 2.24) is 29.9 Å². The van der Waals surface area contributed by atoms with E-state index in [1.807, 2.05) is 54.6 Å². The second-order valence-electron chi connectivity index (χ2n) is 10.4. The van der Waals surface area contributed by atoms with Crippen molar-refractivity contribution < 1.29 is 22.4 Å². The molecule has 10 nitrogen and oxygen atoms in total. The highest BCUT2D eigenvalue weighted by atomic mass is 19.4. The topological polar surface area (TPSA) is 124 Å². The molecule has 5 aromatic rings. The van der Waals surface area contributed by atoms with Gasteiger partial charge in [0.1, 0.15) is 18.1 Å². The van der Waals surface area contributed by atoms with Gasteiger partial charge in [-0.05, 0) is 18.4 Å². The van der Waals surface area contributed by atoms with Crippen molar-refractivity contribution in [3.8, 4) is 22.7 Å². The van der Waals surface area contributed by atoms with Crippen LogP contribution in [0.25, 0.3) is 22.7 Å². The number of ketones is 1. The number of nitrogens with one attached hydrogen (secondary N) is 1. The molecule has 1 atom stereocenters. The van der Waals surface area contributed by atoms with Crippen molar-refractivity contribution in [3.05, 3.63) is 95.7 Å². The fraction of sp³-hybridized carbons (Fsp3) is 0.233. The highest BCUT2D eigenvalue weighted by Gasteiger charge is 2.32. The molecule has 0 spiro atoms. The Bertz CT molecular complexity index is 1830. The molecule has 2 aliphatic rings. The van der Waals surface area contributed by atoms with Gasteiger partial charge < -0.3 is 9.73 Å². The Kier molecular flexibility index (Phi) is 6.56. The summed E-state index contributed by atoms with van der Waals surface area (Å²) in [5.41, 5.74) is 3.87. The highest BCUT2D eigenvalue weighted by Crippen LogP contribution is 2.38. The smallest absolute Gasteiger partial charge is 0.403 e. The van der Waals surface area contributed by atoms with Gasteiger partial charge in [-0.2, -0.15) is 18.3 Å². The quantitative estimate of drug-likeness (QED) is 0.276. The van der Waals surface area contributed by atoms with Gasteiger partial charge >= 0.3 is 12.2 Å². The van der Waals surface area contributed by atoms with E-state index in [0.29, 0.717) is 23.0 Å². The Morgan fingerprint density at radius 3 is 2.42 bits per heavy atom. The Labute approximate surface area is 242 Å². The van der Waals surface area contributed by atoms with Crippen LogP contribution in [-0.4, -0.2) is 53.8 Å². The summed E-state index contributed by atoms with van der Waals surface area (Å²) in [6.07, 6.45) is 0.841. The molecule has 3 aromatic heterocycles. The maximum atomic E-state index is 13.3. The number of carbonyl (C=O) groups excluding carboxylic acids is 1. The molecular formula is C30H23F3N8O2. The van der Waals surface area contributed by atoms with E-state index in [1.54, 1.807) is 0 Å². The summed E-state index contributed by atoms with van der Waals surface area (Å²) < 4.78 is 46.3. The maximum Gasteiger partial charge on any atom is 0.408 e. The Hall–Kier alpha value is -5.20. The lowest BCUT2D eigenvalue weighted by molar-refractivity contribution is -0.142. The van der Waals surface area contributed by atoms with Crippen LogP contribution in [0, 0.1) is 0 Å². The molecular weight excluding hydrogens is 561 g/mol. The van der Waals surface area contributed by atoms with E-state index < -0.39 is 18.9 Å². The lowest BCUT2D eigenvalue weighted by atomic mass is 9.96. The van der Waals surface area contributed by atoms with Gasteiger partial charge in [-0.25, -0.2) is 9.97 Å². The molecule has 0 saturated heterocycles. The molecule has 0 radical (unpaired) electrons. The molecule has 0 bridgehead atoms. The zero-order chi connectivity index (χ0) is 29.6. The minimum atomic E-state index is -4.50. The van der Waals surface area contributed by atoms with Crippen molar-refractivity contribution >= 4 is 17.5 Å². The lowest BCUT2D eigenvalue weighted by Crippen LogP contribution is -2.29. The average molecular weight is 585 g/mol. The van der Waals surface area contributed by atoms with Gasteiger partial charge in [0.25, 0.3) is 5.89 Å². The van der Waals surface area contributed by atoms with E-state index in [9.17, 15) is 18.0 Å². The van der Waals surface area contributed by atoms with Gasteiger partial charge in [-0.15, -0.1) is 5.10 Å². The number of Topliss-reactive ketones (excluding diaryl/α,β-unsaturated/α-hetero) is 1. The molecule has 2 aromatic carbocycles. The second-order valence-corrected chi connectivity index (χ2v) is 10.4. The molecule has 43 heavy (non-hydrogen) atoms. The monoisotopic (exact) mass is 584 g/mol. The lowest BCUT2D eigenvalue weighted by Gasteiger charge is -2.11. The van der Waals surface area contributed by atoms with Crippen molar-refractivity contribution in [1.29, 1.82) is 0 Å². The summed E-state index contributed by atoms with van der Waals surface area (Å²) in [5, 5.41) is 15.1. The molecule has 1 N–H and O–H groups in total. The first-order chi connectivity index (χ1) is 20.8. The van der Waals surface area contributed by atoms with E-state index in [4.69, 9.17) is 9.41 Å². The molecule has 1 aliphatic carbocycles. The fourth-order valence-corrected chi connectivity index (χ4v) is 4.98. The third kappa shape index (κ3) is 5.65. The minimum absolute atomic E-state index is 0.0891. The molecule has 0 unspecified atom stereocenters. The summed E-state index contributed by atoms with van der Waals surface area (Å²) in [6, 6.07) is 16.9. The van der Waals surface area contributed by atoms with E-state index in [2.05, 4.69) is 30.6 Å². The van der Waals surface area contributed by atoms with Crippen molar-refractivity contribution in [2.24, 2.45) is 4.99 Å². The normalized spacial score (nSPS) is 16.9. The highest BCUT2D eigenvalue weighted by molar-refractivity contribution is 6.16. The first kappa shape index (κ1) is 26.7. The first-order valence-corrected chi connectivity index (χ1v) is 13.6. The molecule has 1 saturated carbocycles. The zero-order valence-electron chi connectivity index (χ0n) is 22.5. The van der Waals surface area contributed by atoms with Crippen molar-refractivity contribution in [2.75, 3.05) is 5.32 Å². The summed E-state index contributed by atoms with van der Waals surface area (Å²) >= 11 is 0. The van der Waals surface area contributed by atoms with Crippen LogP contribution in [0.4, 0.5) is 19.2 Å². The Balaban J connectivity index is 1.22. The van der Waals surface area contributed by atoms with E-state index in [1.165, 1.54) is 18.6 Å². The van der Waals surface area contributed by atoms with Gasteiger partial charge in [0, 0.05) is 47.6 Å². The predicted molar refractivity (Wildman–Crippen MR) is 149 cm³/mol. The van der Waals surface area contributed by atoms with E-state index >= 15 is 0 Å². The standard InChI is InChI=1S/C30H23F3N8O2/c31-30(32,33)16-41-15-22(25(40-41)20-13-34-26(35-14-20)18-10-11-18)28-38-39-29(43-28)37-27-23(42)12-19-8-4-5-9-21(19)24(36-27)17-6-2-1-3-7-17/h1-9,13-15,18,27H,10-12,16H2,(H,37,39)/t27-/m1/s1. The molecule has 1 fully saturated rings. The molecule has 4 heterocycles. The van der Waals surface area contributed by atoms with Crippen LogP contribution in [-0.2, 0) is 17.8 Å². The minimum Gasteiger partial charge on any atom is -0.403 e. The molecule has 1 aliphatic heterocycles. The second kappa shape index (κ2) is 10.6. The van der Waals surface area contributed by atoms with Crippen LogP contribution in [0.2, 0.25) is 0 Å². The number of nitrogens with zero attached hydrogens (tertiary/aromatic N) is 7. The van der Waals surface area contributed by atoms with Gasteiger partial charge in [0.05, 0.1) is 11.3 Å². The maximum absolute atomic E-state index is 13.3. The van der Waals surface area contributed by atoms with Gasteiger partial charge in [0.2, 0.25) is 0 Å². The number of rotatable bonds is 7. The number of fused-ring (bicyclic) bond motifs is 1. The van der Waals surface area contributed by atoms with Crippen LogP contribution in [0.3, 0.4) is 0 Å². The molecule has 7 rings (SSSR count). The summed E-state index contributed by atoms with van der Waals surface area (Å²) in [4.78, 5) is 26.8. The number of carbonyl (C=O) groups is 1. The van der Waals surface area contributed by atoms with Crippen LogP contribution >= 0.6 is 0 Å². The van der Waals surface area contributed by atoms with Crippen LogP contribution < -0.4 is 5.32 Å². The largest absolute Gasteiger partial charge is 0.408 e. The molecule has 216 valence electrons. The number of benzene rings is 2. The number of hydrogen-bond donors (Lipinski definition) is 1. The van der Waals surface area contributed by atoms with Crippen molar-refractivity contribution in [3.63, 3.8) is 0 Å². The predicted octanol–water partition coefficient (Wildman–Crippen LogP) is 5.23. The number of anilines is 1. The van der Waals surface area contributed by atoms with E-state index in [0.717, 1.165) is 34.2 Å². The summed E-state index contributed by atoms with van der Waals surface area (Å²) in [7, 11) is 0. The van der Waals surface area contributed by atoms with Gasteiger partial charge in [-0.3, -0.25) is 14.5 Å². The Morgan fingerprint density at radius 2 is 1.67 bits per heavy atom. The third-order valence-electron chi connectivity index (χ3n) is 7.15. The first-order valence-electron chi connectivity index (χ1n) is 13.6. The SMILES string of the molecule is O=C1Cc2ccccc2C(c2ccccc2)=N[C@@H]1Nc1nnc(-c2cn(CC(F)(F)F)nc2-c2cnc(C3CC3)nc2)o1. The number of alkyl halides is 3. The number of aromatic nitrogens is 6. The third-order valence-corrected chi connectivity index (χ3v) is 7.15. The fourth-order valence-electron chi connectivity index (χ4n) is 4.98. The molecule has 13 heteroatoms. The number of hydrogen-bond acceptors (Lipinski definition) is 9. The van der Waals surface area contributed by atoms with E-state index in [-0.39, 0.29) is 35.4 Å². The number of halogens is 3. The average Bonchev–Trinajstić information content (AvgIpc) is 3.64. The van der Waals surface area contributed by atoms with Gasteiger partial charge in [-0.1, -0.05) is 59.7 Å². The van der Waals surface area contributed by atoms with Gasteiger partial charge in [0.15, 0.2) is 11.9 Å². The van der Waals surface area contributed by atoms with Crippen LogP contribution in [0.1, 0.15) is 41.3 Å². The summed E-state index contributed by atoms with van der Waals surface area (Å²) in [6.45, 7) is -1.31. The zero-order valence-corrected chi connectivity index (χ0v) is 22.5. The van der Waals surface area contributed by atoms with Crippen LogP contribution in [0.5, 0.6) is 0 Å².